The van der Waals surface area contributed by atoms with Gasteiger partial charge in [-0.15, -0.1) is 5.10 Å². The van der Waals surface area contributed by atoms with Gasteiger partial charge in [0.2, 0.25) is 5.91 Å². The van der Waals surface area contributed by atoms with Crippen molar-refractivity contribution in [3.05, 3.63) is 70.2 Å². The maximum atomic E-state index is 14.1. The van der Waals surface area contributed by atoms with Crippen LogP contribution in [0.5, 0.6) is 0 Å². The lowest BCUT2D eigenvalue weighted by Gasteiger charge is -2.08. The Bertz CT molecular complexity index is 1260. The number of hydrogen-bond acceptors (Lipinski definition) is 6. The predicted octanol–water partition coefficient (Wildman–Crippen LogP) is 4.64. The number of aromatic nitrogens is 5. The van der Waals surface area contributed by atoms with Gasteiger partial charge in [-0.3, -0.25) is 4.79 Å². The lowest BCUT2D eigenvalue weighted by molar-refractivity contribution is -0.116. The van der Waals surface area contributed by atoms with Gasteiger partial charge >= 0.3 is 0 Å². The number of oxazole rings is 1. The van der Waals surface area contributed by atoms with Crippen molar-refractivity contribution >= 4 is 34.8 Å². The second kappa shape index (κ2) is 8.83. The molecule has 0 radical (unpaired) electrons. The van der Waals surface area contributed by atoms with Crippen LogP contribution in [0.3, 0.4) is 0 Å². The first-order chi connectivity index (χ1) is 14.9. The maximum Gasteiger partial charge on any atom is 0.224 e. The minimum Gasteiger partial charge on any atom is -0.441 e. The Morgan fingerprint density at radius 3 is 2.81 bits per heavy atom. The monoisotopic (exact) mass is 460 g/mol. The topological polar surface area (TPSA) is 98.7 Å². The highest BCUT2D eigenvalue weighted by Gasteiger charge is 2.14. The van der Waals surface area contributed by atoms with Crippen LogP contribution in [-0.4, -0.2) is 31.1 Å². The summed E-state index contributed by atoms with van der Waals surface area (Å²) in [4.78, 5) is 16.5. The smallest absolute Gasteiger partial charge is 0.224 e. The number of carbonyl (C=O) groups is 1. The third kappa shape index (κ3) is 4.73. The van der Waals surface area contributed by atoms with Crippen molar-refractivity contribution in [2.45, 2.75) is 19.8 Å². The summed E-state index contributed by atoms with van der Waals surface area (Å²) in [5.74, 6) is 0.497. The lowest BCUT2D eigenvalue weighted by atomic mass is 10.2. The summed E-state index contributed by atoms with van der Waals surface area (Å²) in [6, 6.07) is 9.21. The summed E-state index contributed by atoms with van der Waals surface area (Å²) in [7, 11) is 0. The van der Waals surface area contributed by atoms with Crippen molar-refractivity contribution in [3.8, 4) is 17.0 Å². The standard InChI is InChI=1S/C20H15Cl2FN6O2/c1-11-26-27-28-29(11)17-9-13(3-5-16(17)23)25-19(30)6-7-20-24-10-18(31-20)14-4-2-12(21)8-15(14)22/h2-5,8-10H,6-7H2,1H3,(H,25,30). The number of nitrogens with one attached hydrogen (secondary N) is 1. The fourth-order valence-electron chi connectivity index (χ4n) is 2.89. The van der Waals surface area contributed by atoms with Gasteiger partial charge in [0.15, 0.2) is 17.5 Å². The number of hydrogen-bond donors (Lipinski definition) is 1. The second-order valence-electron chi connectivity index (χ2n) is 6.59. The Labute approximate surface area is 186 Å². The highest BCUT2D eigenvalue weighted by atomic mass is 35.5. The van der Waals surface area contributed by atoms with E-state index < -0.39 is 5.82 Å². The van der Waals surface area contributed by atoms with Crippen LogP contribution in [0.1, 0.15) is 18.1 Å². The van der Waals surface area contributed by atoms with Crippen LogP contribution >= 0.6 is 23.2 Å². The summed E-state index contributed by atoms with van der Waals surface area (Å²) in [6.07, 6.45) is 1.94. The molecule has 4 rings (SSSR count). The van der Waals surface area contributed by atoms with Gasteiger partial charge in [-0.25, -0.2) is 9.37 Å². The summed E-state index contributed by atoms with van der Waals surface area (Å²) in [5, 5.41) is 14.7. The number of carbonyl (C=O) groups excluding carboxylic acids is 1. The van der Waals surface area contributed by atoms with Gasteiger partial charge in [-0.1, -0.05) is 23.2 Å². The number of nitrogens with zero attached hydrogens (tertiary/aromatic N) is 5. The van der Waals surface area contributed by atoms with Crippen molar-refractivity contribution < 1.29 is 13.6 Å². The fourth-order valence-corrected chi connectivity index (χ4v) is 3.39. The molecule has 31 heavy (non-hydrogen) atoms. The van der Waals surface area contributed by atoms with Crippen LogP contribution in [0.2, 0.25) is 10.0 Å². The second-order valence-corrected chi connectivity index (χ2v) is 7.44. The number of aryl methyl sites for hydroxylation is 2. The summed E-state index contributed by atoms with van der Waals surface area (Å²) >= 11 is 12.1. The van der Waals surface area contributed by atoms with E-state index in [9.17, 15) is 9.18 Å². The average molecular weight is 461 g/mol. The fraction of sp³-hybridized carbons (Fsp3) is 0.150. The van der Waals surface area contributed by atoms with E-state index in [1.165, 1.54) is 22.9 Å². The van der Waals surface area contributed by atoms with Gasteiger partial charge < -0.3 is 9.73 Å². The molecular weight excluding hydrogens is 446 g/mol. The van der Waals surface area contributed by atoms with E-state index in [-0.39, 0.29) is 24.4 Å². The number of benzene rings is 2. The Balaban J connectivity index is 1.40. The normalized spacial score (nSPS) is 11.0. The third-order valence-corrected chi connectivity index (χ3v) is 4.95. The zero-order chi connectivity index (χ0) is 22.0. The van der Waals surface area contributed by atoms with Crippen molar-refractivity contribution in [1.82, 2.24) is 25.2 Å². The van der Waals surface area contributed by atoms with E-state index in [0.717, 1.165) is 0 Å². The Morgan fingerprint density at radius 1 is 1.23 bits per heavy atom. The molecule has 0 bridgehead atoms. The van der Waals surface area contributed by atoms with Crippen molar-refractivity contribution in [1.29, 1.82) is 0 Å². The highest BCUT2D eigenvalue weighted by molar-refractivity contribution is 6.36. The first kappa shape index (κ1) is 21.0. The van der Waals surface area contributed by atoms with Crippen LogP contribution in [0.15, 0.2) is 47.0 Å². The predicted molar refractivity (Wildman–Crippen MR) is 113 cm³/mol. The highest BCUT2D eigenvalue weighted by Crippen LogP contribution is 2.31. The number of anilines is 1. The first-order valence-corrected chi connectivity index (χ1v) is 9.91. The van der Waals surface area contributed by atoms with Gasteiger partial charge in [-0.05, 0) is 53.7 Å². The quantitative estimate of drug-likeness (QED) is 0.449. The summed E-state index contributed by atoms with van der Waals surface area (Å²) in [5.41, 5.74) is 1.21. The van der Waals surface area contributed by atoms with E-state index in [4.69, 9.17) is 27.6 Å². The molecule has 0 spiro atoms. The number of rotatable bonds is 6. The zero-order valence-electron chi connectivity index (χ0n) is 16.1. The van der Waals surface area contributed by atoms with Crippen LogP contribution in [0.25, 0.3) is 17.0 Å². The van der Waals surface area contributed by atoms with Crippen LogP contribution in [-0.2, 0) is 11.2 Å². The van der Waals surface area contributed by atoms with E-state index >= 15 is 0 Å². The minimum atomic E-state index is -0.512. The summed E-state index contributed by atoms with van der Waals surface area (Å²) in [6.45, 7) is 1.65. The molecule has 0 aliphatic carbocycles. The van der Waals surface area contributed by atoms with E-state index in [1.54, 1.807) is 31.3 Å². The molecule has 4 aromatic rings. The molecule has 158 valence electrons. The number of halogens is 3. The van der Waals surface area contributed by atoms with Crippen LogP contribution < -0.4 is 5.32 Å². The number of tetrazole rings is 1. The SMILES string of the molecule is Cc1nnnn1-c1cc(NC(=O)CCc2ncc(-c3ccc(Cl)cc3Cl)o2)ccc1F. The van der Waals surface area contributed by atoms with Gasteiger partial charge in [0, 0.05) is 29.1 Å². The molecule has 2 heterocycles. The van der Waals surface area contributed by atoms with E-state index in [0.29, 0.717) is 38.8 Å². The molecule has 2 aromatic carbocycles. The lowest BCUT2D eigenvalue weighted by Crippen LogP contribution is -2.13. The Hall–Kier alpha value is -3.30. The molecule has 0 fully saturated rings. The van der Waals surface area contributed by atoms with Gasteiger partial charge in [0.1, 0.15) is 11.5 Å². The molecule has 8 nitrogen and oxygen atoms in total. The Morgan fingerprint density at radius 2 is 2.06 bits per heavy atom. The van der Waals surface area contributed by atoms with E-state index in [1.807, 2.05) is 0 Å². The van der Waals surface area contributed by atoms with Crippen molar-refractivity contribution in [2.24, 2.45) is 0 Å². The van der Waals surface area contributed by atoms with Crippen LogP contribution in [0, 0.1) is 12.7 Å². The molecule has 1 N–H and O–H groups in total. The third-order valence-electron chi connectivity index (χ3n) is 4.40. The molecule has 0 unspecified atom stereocenters. The molecule has 1 amide bonds. The molecule has 0 atom stereocenters. The largest absolute Gasteiger partial charge is 0.441 e. The molecule has 0 aliphatic heterocycles. The Kier molecular flexibility index (Phi) is 5.97. The average Bonchev–Trinajstić information content (AvgIpc) is 3.37. The minimum absolute atomic E-state index is 0.116. The van der Waals surface area contributed by atoms with Crippen molar-refractivity contribution in [2.75, 3.05) is 5.32 Å². The first-order valence-electron chi connectivity index (χ1n) is 9.15. The van der Waals surface area contributed by atoms with E-state index in [2.05, 4.69) is 25.8 Å². The number of amides is 1. The molecule has 0 aliphatic rings. The zero-order valence-corrected chi connectivity index (χ0v) is 17.7. The maximum absolute atomic E-state index is 14.1. The van der Waals surface area contributed by atoms with Crippen molar-refractivity contribution in [3.63, 3.8) is 0 Å². The van der Waals surface area contributed by atoms with Gasteiger partial charge in [0.05, 0.1) is 11.2 Å². The van der Waals surface area contributed by atoms with Gasteiger partial charge in [-0.2, -0.15) is 4.68 Å². The molecule has 0 saturated carbocycles. The molecule has 0 saturated heterocycles. The summed E-state index contributed by atoms with van der Waals surface area (Å²) < 4.78 is 21.1. The molecule has 2 aromatic heterocycles. The van der Waals surface area contributed by atoms with Gasteiger partial charge in [0.25, 0.3) is 0 Å². The van der Waals surface area contributed by atoms with Crippen LogP contribution in [0.4, 0.5) is 10.1 Å². The molecule has 11 heteroatoms. The molecular formula is C20H15Cl2FN6O2.